The van der Waals surface area contributed by atoms with Crippen molar-refractivity contribution in [3.05, 3.63) is 23.5 Å². The van der Waals surface area contributed by atoms with Crippen LogP contribution in [0.5, 0.6) is 5.75 Å². The normalized spacial score (nSPS) is 15.6. The Morgan fingerprint density at radius 1 is 1.41 bits per heavy atom. The zero-order valence-electron chi connectivity index (χ0n) is 12.3. The minimum atomic E-state index is -1.40. The number of carboxylic acids is 1. The average Bonchev–Trinajstić information content (AvgIpc) is 2.44. The van der Waals surface area contributed by atoms with Crippen molar-refractivity contribution in [3.8, 4) is 5.75 Å². The number of nitrogens with zero attached hydrogens (tertiary/aromatic N) is 1. The van der Waals surface area contributed by atoms with Gasteiger partial charge in [0, 0.05) is 32.1 Å². The number of benzene rings is 1. The van der Waals surface area contributed by atoms with Crippen LogP contribution in [0.15, 0.2) is 12.1 Å². The lowest BCUT2D eigenvalue weighted by atomic mass is 9.98. The molecule has 6 nitrogen and oxygen atoms in total. The van der Waals surface area contributed by atoms with E-state index in [0.717, 1.165) is 18.9 Å². The summed E-state index contributed by atoms with van der Waals surface area (Å²) in [6, 6.07) is 2.35. The third-order valence-electron chi connectivity index (χ3n) is 3.85. The van der Waals surface area contributed by atoms with Gasteiger partial charge in [0.15, 0.2) is 0 Å². The third kappa shape index (κ3) is 3.66. The van der Waals surface area contributed by atoms with Crippen LogP contribution in [0.2, 0.25) is 0 Å². The lowest BCUT2D eigenvalue weighted by Gasteiger charge is -2.31. The van der Waals surface area contributed by atoms with Gasteiger partial charge in [-0.15, -0.1) is 0 Å². The minimum Gasteiger partial charge on any atom is -0.493 e. The quantitative estimate of drug-likeness (QED) is 0.826. The lowest BCUT2D eigenvalue weighted by molar-refractivity contribution is -0.130. The van der Waals surface area contributed by atoms with Crippen LogP contribution in [0.4, 0.5) is 10.1 Å². The van der Waals surface area contributed by atoms with Gasteiger partial charge in [0.25, 0.3) is 0 Å². The van der Waals surface area contributed by atoms with E-state index in [0.29, 0.717) is 19.7 Å². The molecule has 120 valence electrons. The number of nitrogen functional groups attached to an aromatic ring is 1. The van der Waals surface area contributed by atoms with E-state index >= 15 is 0 Å². The molecule has 0 radical (unpaired) electrons. The van der Waals surface area contributed by atoms with Gasteiger partial charge in [-0.1, -0.05) is 0 Å². The van der Waals surface area contributed by atoms with Crippen molar-refractivity contribution in [1.82, 2.24) is 4.90 Å². The molecule has 1 saturated heterocycles. The highest BCUT2D eigenvalue weighted by Gasteiger charge is 2.22. The van der Waals surface area contributed by atoms with Crippen LogP contribution >= 0.6 is 0 Å². The number of nitrogens with two attached hydrogens (primary N) is 1. The molecule has 0 spiro atoms. The third-order valence-corrected chi connectivity index (χ3v) is 3.85. The predicted molar refractivity (Wildman–Crippen MR) is 78.2 cm³/mol. The highest BCUT2D eigenvalue weighted by atomic mass is 19.1. The summed E-state index contributed by atoms with van der Waals surface area (Å²) in [6.45, 7) is 3.32. The number of anilines is 1. The molecule has 1 fully saturated rings. The number of carboxylic acid groups (broad SMARTS) is 1. The van der Waals surface area contributed by atoms with Crippen LogP contribution in [0.3, 0.4) is 0 Å². The number of carbonyl (C=O) groups excluding carboxylic acids is 1. The summed E-state index contributed by atoms with van der Waals surface area (Å²) in [5, 5.41) is 8.85. The monoisotopic (exact) mass is 310 g/mol. The molecule has 0 aliphatic carbocycles. The fourth-order valence-corrected chi connectivity index (χ4v) is 2.54. The van der Waals surface area contributed by atoms with Crippen molar-refractivity contribution in [1.29, 1.82) is 0 Å². The first-order valence-corrected chi connectivity index (χ1v) is 7.09. The number of halogens is 1. The molecule has 1 aromatic carbocycles. The molecule has 2 rings (SSSR count). The molecule has 1 aromatic rings. The molecular formula is C15H19FN2O4. The molecule has 1 aliphatic rings. The Morgan fingerprint density at radius 2 is 2.05 bits per heavy atom. The van der Waals surface area contributed by atoms with Crippen molar-refractivity contribution in [3.63, 3.8) is 0 Å². The number of aromatic carboxylic acids is 1. The molecule has 1 heterocycles. The smallest absolute Gasteiger partial charge is 0.340 e. The number of hydrogen-bond acceptors (Lipinski definition) is 4. The van der Waals surface area contributed by atoms with Crippen molar-refractivity contribution < 1.29 is 23.8 Å². The van der Waals surface area contributed by atoms with Gasteiger partial charge >= 0.3 is 5.97 Å². The van der Waals surface area contributed by atoms with E-state index in [9.17, 15) is 14.0 Å². The Hall–Kier alpha value is -2.31. The first-order valence-electron chi connectivity index (χ1n) is 7.09. The Bertz CT molecular complexity index is 560. The Labute approximate surface area is 127 Å². The SMILES string of the molecule is CC(=O)N1CCC(COc2cc(N)c(C(=O)O)c(F)c2)CC1. The van der Waals surface area contributed by atoms with Crippen LogP contribution in [0.1, 0.15) is 30.1 Å². The van der Waals surface area contributed by atoms with Crippen LogP contribution < -0.4 is 10.5 Å². The molecule has 3 N–H and O–H groups in total. The predicted octanol–water partition coefficient (Wildman–Crippen LogP) is 1.74. The first kappa shape index (κ1) is 16.1. The highest BCUT2D eigenvalue weighted by Crippen LogP contribution is 2.25. The van der Waals surface area contributed by atoms with E-state index in [1.54, 1.807) is 11.8 Å². The van der Waals surface area contributed by atoms with Crippen LogP contribution in [0, 0.1) is 11.7 Å². The summed E-state index contributed by atoms with van der Waals surface area (Å²) >= 11 is 0. The molecule has 7 heteroatoms. The highest BCUT2D eigenvalue weighted by molar-refractivity contribution is 5.94. The number of hydrogen-bond donors (Lipinski definition) is 2. The second kappa shape index (κ2) is 6.64. The Balaban J connectivity index is 1.93. The van der Waals surface area contributed by atoms with Crippen molar-refractivity contribution in [2.75, 3.05) is 25.4 Å². The largest absolute Gasteiger partial charge is 0.493 e. The fourth-order valence-electron chi connectivity index (χ4n) is 2.54. The van der Waals surface area contributed by atoms with E-state index in [1.165, 1.54) is 6.07 Å². The summed E-state index contributed by atoms with van der Waals surface area (Å²) in [4.78, 5) is 23.9. The molecule has 0 atom stereocenters. The van der Waals surface area contributed by atoms with Gasteiger partial charge in [-0.25, -0.2) is 9.18 Å². The van der Waals surface area contributed by atoms with Crippen LogP contribution in [-0.2, 0) is 4.79 Å². The summed E-state index contributed by atoms with van der Waals surface area (Å²) in [6.07, 6.45) is 1.65. The number of likely N-dealkylation sites (tertiary alicyclic amines) is 1. The average molecular weight is 310 g/mol. The first-order chi connectivity index (χ1) is 10.4. The Morgan fingerprint density at radius 3 is 2.55 bits per heavy atom. The molecule has 0 aromatic heterocycles. The van der Waals surface area contributed by atoms with Crippen LogP contribution in [-0.4, -0.2) is 41.6 Å². The van der Waals surface area contributed by atoms with E-state index in [2.05, 4.69) is 0 Å². The van der Waals surface area contributed by atoms with E-state index in [-0.39, 0.29) is 23.3 Å². The zero-order chi connectivity index (χ0) is 16.3. The molecule has 1 aliphatic heterocycles. The zero-order valence-corrected chi connectivity index (χ0v) is 12.3. The van der Waals surface area contributed by atoms with Gasteiger partial charge in [-0.05, 0) is 18.8 Å². The van der Waals surface area contributed by atoms with Crippen molar-refractivity contribution >= 4 is 17.6 Å². The Kier molecular flexibility index (Phi) is 4.85. The molecule has 22 heavy (non-hydrogen) atoms. The van der Waals surface area contributed by atoms with E-state index < -0.39 is 17.3 Å². The maximum absolute atomic E-state index is 13.7. The van der Waals surface area contributed by atoms with Gasteiger partial charge in [-0.3, -0.25) is 4.79 Å². The summed E-state index contributed by atoms with van der Waals surface area (Å²) in [5.74, 6) is -1.75. The number of ether oxygens (including phenoxy) is 1. The second-order valence-corrected chi connectivity index (χ2v) is 5.43. The summed E-state index contributed by atoms with van der Waals surface area (Å²) in [7, 11) is 0. The number of piperidine rings is 1. The number of carbonyl (C=O) groups is 2. The summed E-state index contributed by atoms with van der Waals surface area (Å²) in [5.41, 5.74) is 4.84. The van der Waals surface area contributed by atoms with Crippen molar-refractivity contribution in [2.45, 2.75) is 19.8 Å². The van der Waals surface area contributed by atoms with E-state index in [1.807, 2.05) is 0 Å². The topological polar surface area (TPSA) is 92.9 Å². The van der Waals surface area contributed by atoms with Gasteiger partial charge in [0.05, 0.1) is 12.3 Å². The molecular weight excluding hydrogens is 291 g/mol. The standard InChI is InChI=1S/C15H19FN2O4/c1-9(19)18-4-2-10(3-5-18)8-22-11-6-12(16)14(15(20)21)13(17)7-11/h6-7,10H,2-5,8,17H2,1H3,(H,20,21). The van der Waals surface area contributed by atoms with Gasteiger partial charge in [-0.2, -0.15) is 0 Å². The van der Waals surface area contributed by atoms with Crippen molar-refractivity contribution in [2.24, 2.45) is 5.92 Å². The number of amides is 1. The number of rotatable bonds is 4. The maximum Gasteiger partial charge on any atom is 0.340 e. The van der Waals surface area contributed by atoms with Gasteiger partial charge < -0.3 is 20.5 Å². The minimum absolute atomic E-state index is 0.0680. The molecule has 1 amide bonds. The van der Waals surface area contributed by atoms with E-state index in [4.69, 9.17) is 15.6 Å². The summed E-state index contributed by atoms with van der Waals surface area (Å²) < 4.78 is 19.2. The van der Waals surface area contributed by atoms with Crippen LogP contribution in [0.25, 0.3) is 0 Å². The molecule has 0 bridgehead atoms. The molecule has 0 saturated carbocycles. The maximum atomic E-state index is 13.7. The van der Waals surface area contributed by atoms with Gasteiger partial charge in [0.1, 0.15) is 17.1 Å². The lowest BCUT2D eigenvalue weighted by Crippen LogP contribution is -2.38. The second-order valence-electron chi connectivity index (χ2n) is 5.43. The fraction of sp³-hybridized carbons (Fsp3) is 0.467. The molecule has 0 unspecified atom stereocenters. The van der Waals surface area contributed by atoms with Gasteiger partial charge in [0.2, 0.25) is 5.91 Å².